The van der Waals surface area contributed by atoms with Crippen molar-refractivity contribution in [2.45, 2.75) is 12.5 Å². The van der Waals surface area contributed by atoms with Crippen molar-refractivity contribution in [3.05, 3.63) is 35.6 Å². The highest BCUT2D eigenvalue weighted by atomic mass is 19.1. The van der Waals surface area contributed by atoms with Gasteiger partial charge in [0.05, 0.1) is 6.42 Å². The van der Waals surface area contributed by atoms with Crippen molar-refractivity contribution in [2.75, 3.05) is 0 Å². The van der Waals surface area contributed by atoms with Gasteiger partial charge >= 0.3 is 11.9 Å². The summed E-state index contributed by atoms with van der Waals surface area (Å²) in [5, 5.41) is 8.91. The molecule has 1 N–H and O–H groups in total. The molecule has 0 spiro atoms. The van der Waals surface area contributed by atoms with Gasteiger partial charge in [-0.25, -0.2) is 4.39 Å². The number of carboxylic acid groups (broad SMARTS) is 1. The molecule has 5 heteroatoms. The molecule has 0 radical (unpaired) electrons. The molecule has 84 valence electrons. The number of cyclic esters (lactones) is 1. The molecule has 1 saturated heterocycles. The Balaban J connectivity index is 2.28. The first kappa shape index (κ1) is 10.6. The molecule has 0 amide bonds. The zero-order valence-electron chi connectivity index (χ0n) is 8.22. The minimum absolute atomic E-state index is 0.141. The predicted molar refractivity (Wildman–Crippen MR) is 51.0 cm³/mol. The molecule has 1 aliphatic heterocycles. The Hall–Kier alpha value is -1.91. The molecule has 16 heavy (non-hydrogen) atoms. The molecule has 4 nitrogen and oxygen atoms in total. The van der Waals surface area contributed by atoms with Crippen LogP contribution in [0.1, 0.15) is 18.1 Å². The molecule has 0 saturated carbocycles. The molecule has 1 heterocycles. The van der Waals surface area contributed by atoms with E-state index in [2.05, 4.69) is 0 Å². The minimum Gasteiger partial charge on any atom is -0.481 e. The SMILES string of the molecule is O=C1CC(C(=O)O)C(c2ccc(F)cc2)O1. The van der Waals surface area contributed by atoms with E-state index in [9.17, 15) is 14.0 Å². The molecular weight excluding hydrogens is 215 g/mol. The average Bonchev–Trinajstić information content (AvgIpc) is 2.61. The first-order valence-corrected chi connectivity index (χ1v) is 4.75. The van der Waals surface area contributed by atoms with Crippen molar-refractivity contribution in [3.63, 3.8) is 0 Å². The predicted octanol–water partition coefficient (Wildman–Crippen LogP) is 1.51. The summed E-state index contributed by atoms with van der Waals surface area (Å²) in [7, 11) is 0. The number of ether oxygens (including phenoxy) is 1. The van der Waals surface area contributed by atoms with E-state index < -0.39 is 29.8 Å². The van der Waals surface area contributed by atoms with Gasteiger partial charge in [0.1, 0.15) is 17.8 Å². The van der Waals surface area contributed by atoms with Crippen LogP contribution in [-0.4, -0.2) is 17.0 Å². The van der Waals surface area contributed by atoms with Crippen molar-refractivity contribution in [3.8, 4) is 0 Å². The van der Waals surface area contributed by atoms with Crippen LogP contribution in [0.2, 0.25) is 0 Å². The van der Waals surface area contributed by atoms with Crippen molar-refractivity contribution >= 4 is 11.9 Å². The van der Waals surface area contributed by atoms with Crippen LogP contribution in [0.4, 0.5) is 4.39 Å². The summed E-state index contributed by atoms with van der Waals surface area (Å²) in [6.45, 7) is 0. The van der Waals surface area contributed by atoms with Gasteiger partial charge in [-0.1, -0.05) is 12.1 Å². The van der Waals surface area contributed by atoms with E-state index in [1.54, 1.807) is 0 Å². The summed E-state index contributed by atoms with van der Waals surface area (Å²) >= 11 is 0. The van der Waals surface area contributed by atoms with Crippen LogP contribution in [0.15, 0.2) is 24.3 Å². The number of rotatable bonds is 2. The van der Waals surface area contributed by atoms with Gasteiger partial charge in [-0.3, -0.25) is 9.59 Å². The molecule has 1 fully saturated rings. The molecule has 1 aromatic rings. The Labute approximate surface area is 90.6 Å². The summed E-state index contributed by atoms with van der Waals surface area (Å²) in [6.07, 6.45) is -0.956. The van der Waals surface area contributed by atoms with Crippen molar-refractivity contribution in [1.82, 2.24) is 0 Å². The van der Waals surface area contributed by atoms with Gasteiger partial charge in [0.2, 0.25) is 0 Å². The smallest absolute Gasteiger partial charge is 0.311 e. The van der Waals surface area contributed by atoms with E-state index in [0.717, 1.165) is 0 Å². The lowest BCUT2D eigenvalue weighted by molar-refractivity contribution is -0.144. The Morgan fingerprint density at radius 3 is 2.56 bits per heavy atom. The molecular formula is C11H9FO4. The highest BCUT2D eigenvalue weighted by molar-refractivity contribution is 5.82. The lowest BCUT2D eigenvalue weighted by Crippen LogP contribution is -2.17. The van der Waals surface area contributed by atoms with Crippen LogP contribution in [0.5, 0.6) is 0 Å². The second-order valence-corrected chi connectivity index (χ2v) is 3.61. The van der Waals surface area contributed by atoms with Gasteiger partial charge in [0.25, 0.3) is 0 Å². The van der Waals surface area contributed by atoms with Gasteiger partial charge in [-0.15, -0.1) is 0 Å². The Bertz CT molecular complexity index is 426. The maximum atomic E-state index is 12.7. The third-order valence-corrected chi connectivity index (χ3v) is 2.53. The fourth-order valence-corrected chi connectivity index (χ4v) is 1.73. The number of hydrogen-bond donors (Lipinski definition) is 1. The molecule has 2 unspecified atom stereocenters. The number of aliphatic carboxylic acids is 1. The van der Waals surface area contributed by atoms with E-state index in [-0.39, 0.29) is 6.42 Å². The largest absolute Gasteiger partial charge is 0.481 e. The van der Waals surface area contributed by atoms with Crippen LogP contribution in [0.3, 0.4) is 0 Å². The highest BCUT2D eigenvalue weighted by Gasteiger charge is 2.40. The normalized spacial score (nSPS) is 24.2. The maximum absolute atomic E-state index is 12.7. The molecule has 0 aromatic heterocycles. The van der Waals surface area contributed by atoms with Crippen molar-refractivity contribution in [2.24, 2.45) is 5.92 Å². The second kappa shape index (κ2) is 3.92. The first-order chi connectivity index (χ1) is 7.58. The lowest BCUT2D eigenvalue weighted by atomic mass is 9.95. The number of hydrogen-bond acceptors (Lipinski definition) is 3. The molecule has 0 bridgehead atoms. The Morgan fingerprint density at radius 2 is 2.00 bits per heavy atom. The van der Waals surface area contributed by atoms with Gasteiger partial charge in [-0.2, -0.15) is 0 Å². The monoisotopic (exact) mass is 224 g/mol. The quantitative estimate of drug-likeness (QED) is 0.773. The van der Waals surface area contributed by atoms with E-state index >= 15 is 0 Å². The summed E-state index contributed by atoms with van der Waals surface area (Å²) in [5.41, 5.74) is 0.500. The van der Waals surface area contributed by atoms with Crippen molar-refractivity contribution in [1.29, 1.82) is 0 Å². The third-order valence-electron chi connectivity index (χ3n) is 2.53. The minimum atomic E-state index is -1.08. The number of carboxylic acids is 1. The molecule has 1 aliphatic rings. The molecule has 2 rings (SSSR count). The summed E-state index contributed by atoms with van der Waals surface area (Å²) in [4.78, 5) is 21.9. The van der Waals surface area contributed by atoms with Crippen LogP contribution < -0.4 is 0 Å². The number of halogens is 1. The number of carbonyl (C=O) groups excluding carboxylic acids is 1. The van der Waals surface area contributed by atoms with Crippen LogP contribution in [0, 0.1) is 11.7 Å². The molecule has 0 aliphatic carbocycles. The van der Waals surface area contributed by atoms with E-state index in [1.807, 2.05) is 0 Å². The van der Waals surface area contributed by atoms with Gasteiger partial charge in [0.15, 0.2) is 0 Å². The average molecular weight is 224 g/mol. The van der Waals surface area contributed by atoms with Gasteiger partial charge < -0.3 is 9.84 Å². The van der Waals surface area contributed by atoms with Crippen molar-refractivity contribution < 1.29 is 23.8 Å². The fourth-order valence-electron chi connectivity index (χ4n) is 1.73. The van der Waals surface area contributed by atoms with Crippen LogP contribution in [0.25, 0.3) is 0 Å². The van der Waals surface area contributed by atoms with Gasteiger partial charge in [-0.05, 0) is 17.7 Å². The Kier molecular flexibility index (Phi) is 2.60. The lowest BCUT2D eigenvalue weighted by Gasteiger charge is -2.14. The first-order valence-electron chi connectivity index (χ1n) is 4.75. The summed E-state index contributed by atoms with van der Waals surface area (Å²) < 4.78 is 17.6. The number of esters is 1. The van der Waals surface area contributed by atoms with Crippen LogP contribution >= 0.6 is 0 Å². The summed E-state index contributed by atoms with van der Waals surface area (Å²) in [6, 6.07) is 5.27. The maximum Gasteiger partial charge on any atom is 0.311 e. The zero-order valence-corrected chi connectivity index (χ0v) is 8.22. The fraction of sp³-hybridized carbons (Fsp3) is 0.273. The van der Waals surface area contributed by atoms with Gasteiger partial charge in [0, 0.05) is 0 Å². The Morgan fingerprint density at radius 1 is 1.38 bits per heavy atom. The topological polar surface area (TPSA) is 63.6 Å². The van der Waals surface area contributed by atoms with E-state index in [4.69, 9.17) is 9.84 Å². The number of benzene rings is 1. The third kappa shape index (κ3) is 1.88. The standard InChI is InChI=1S/C11H9FO4/c12-7-3-1-6(2-4-7)10-8(11(14)15)5-9(13)16-10/h1-4,8,10H,5H2,(H,14,15). The number of carbonyl (C=O) groups is 2. The molecule has 2 atom stereocenters. The highest BCUT2D eigenvalue weighted by Crippen LogP contribution is 2.35. The second-order valence-electron chi connectivity index (χ2n) is 3.61. The summed E-state index contributed by atoms with van der Waals surface area (Å²) in [5.74, 6) is -2.93. The molecule has 1 aromatic carbocycles. The van der Waals surface area contributed by atoms with Crippen LogP contribution in [-0.2, 0) is 14.3 Å². The zero-order chi connectivity index (χ0) is 11.7. The van der Waals surface area contributed by atoms with E-state index in [0.29, 0.717) is 5.56 Å². The van der Waals surface area contributed by atoms with E-state index in [1.165, 1.54) is 24.3 Å².